The van der Waals surface area contributed by atoms with Crippen LogP contribution < -0.4 is 0 Å². The van der Waals surface area contributed by atoms with Crippen LogP contribution in [0.1, 0.15) is 16.7 Å². The van der Waals surface area contributed by atoms with E-state index in [4.69, 9.17) is 4.74 Å². The quantitative estimate of drug-likeness (QED) is 0.600. The zero-order valence-electron chi connectivity index (χ0n) is 18.2. The van der Waals surface area contributed by atoms with Crippen molar-refractivity contribution in [2.45, 2.75) is 38.5 Å². The van der Waals surface area contributed by atoms with Gasteiger partial charge >= 0.3 is 18.4 Å². The normalized spacial score (nSPS) is 19.2. The Morgan fingerprint density at radius 2 is 1.39 bits per heavy atom. The van der Waals surface area contributed by atoms with Gasteiger partial charge < -0.3 is 14.4 Å². The molecule has 0 unspecified atom stereocenters. The fraction of sp³-hybridized carbons (Fsp3) is 0.667. The first kappa shape index (κ1) is 25.6. The summed E-state index contributed by atoms with van der Waals surface area (Å²) in [5, 5.41) is 0. The summed E-state index contributed by atoms with van der Waals surface area (Å²) >= 11 is 0. The van der Waals surface area contributed by atoms with E-state index >= 15 is 0 Å². The van der Waals surface area contributed by atoms with Gasteiger partial charge in [0, 0.05) is 52.4 Å². The Bertz CT molecular complexity index is 789. The maximum absolute atomic E-state index is 12.6. The van der Waals surface area contributed by atoms with Crippen LogP contribution in [0.3, 0.4) is 0 Å². The standard InChI is InChI=1S/C21H27F6N3O3/c1-15-16(3-2-4-17(15)14-29-9-11-32-12-10-29)13-28-5-7-30(8-6-28)19(31)33-18(20(22,23)24)21(25,26)27/h2-4,18H,5-14H2,1H3. The van der Waals surface area contributed by atoms with Crippen molar-refractivity contribution in [3.63, 3.8) is 0 Å². The van der Waals surface area contributed by atoms with E-state index in [0.29, 0.717) is 32.8 Å². The molecule has 3 rings (SSSR count). The minimum Gasteiger partial charge on any atom is -0.426 e. The molecule has 0 atom stereocenters. The Hall–Kier alpha value is -2.05. The third kappa shape index (κ3) is 6.97. The predicted octanol–water partition coefficient (Wildman–Crippen LogP) is 3.57. The van der Waals surface area contributed by atoms with Crippen molar-refractivity contribution in [1.82, 2.24) is 14.7 Å². The monoisotopic (exact) mass is 483 g/mol. The first-order valence-electron chi connectivity index (χ1n) is 10.6. The molecular formula is C21H27F6N3O3. The van der Waals surface area contributed by atoms with Gasteiger partial charge in [-0.3, -0.25) is 9.80 Å². The average Bonchev–Trinajstić information content (AvgIpc) is 2.74. The van der Waals surface area contributed by atoms with Gasteiger partial charge in [0.25, 0.3) is 6.10 Å². The molecule has 33 heavy (non-hydrogen) atoms. The number of ether oxygens (including phenoxy) is 2. The van der Waals surface area contributed by atoms with Gasteiger partial charge in [-0.15, -0.1) is 0 Å². The van der Waals surface area contributed by atoms with Crippen LogP contribution in [0.5, 0.6) is 0 Å². The van der Waals surface area contributed by atoms with Gasteiger partial charge in [0.2, 0.25) is 0 Å². The van der Waals surface area contributed by atoms with Gasteiger partial charge in [-0.1, -0.05) is 18.2 Å². The maximum atomic E-state index is 12.6. The van der Waals surface area contributed by atoms with E-state index in [-0.39, 0.29) is 13.1 Å². The lowest BCUT2D eigenvalue weighted by Gasteiger charge is -2.35. The lowest BCUT2D eigenvalue weighted by atomic mass is 10.0. The van der Waals surface area contributed by atoms with Crippen molar-refractivity contribution < 1.29 is 40.6 Å². The number of piperazine rings is 1. The first-order valence-corrected chi connectivity index (χ1v) is 10.6. The Morgan fingerprint density at radius 3 is 1.88 bits per heavy atom. The van der Waals surface area contributed by atoms with E-state index in [1.165, 1.54) is 5.56 Å². The van der Waals surface area contributed by atoms with E-state index < -0.39 is 24.5 Å². The lowest BCUT2D eigenvalue weighted by Crippen LogP contribution is -2.52. The second-order valence-corrected chi connectivity index (χ2v) is 8.20. The minimum atomic E-state index is -5.72. The third-order valence-corrected chi connectivity index (χ3v) is 5.89. The molecule has 0 aliphatic carbocycles. The number of hydrogen-bond acceptors (Lipinski definition) is 5. The van der Waals surface area contributed by atoms with E-state index in [1.807, 2.05) is 24.0 Å². The van der Waals surface area contributed by atoms with Crippen LogP contribution in [-0.2, 0) is 22.6 Å². The van der Waals surface area contributed by atoms with Crippen LogP contribution in [-0.4, -0.2) is 91.7 Å². The zero-order valence-corrected chi connectivity index (χ0v) is 18.2. The molecular weight excluding hydrogens is 456 g/mol. The fourth-order valence-electron chi connectivity index (χ4n) is 3.90. The molecule has 0 saturated carbocycles. The first-order chi connectivity index (χ1) is 15.4. The van der Waals surface area contributed by atoms with Gasteiger partial charge in [-0.25, -0.2) is 4.79 Å². The molecule has 1 amide bonds. The SMILES string of the molecule is Cc1c(CN2CCOCC2)cccc1CN1CCN(C(=O)OC(C(F)(F)F)C(F)(F)F)CC1. The summed E-state index contributed by atoms with van der Waals surface area (Å²) < 4.78 is 85.0. The summed E-state index contributed by atoms with van der Waals surface area (Å²) in [6, 6.07) is 6.04. The van der Waals surface area contributed by atoms with Crippen LogP contribution >= 0.6 is 0 Å². The molecule has 2 aliphatic heterocycles. The van der Waals surface area contributed by atoms with Crippen LogP contribution in [0.2, 0.25) is 0 Å². The number of hydrogen-bond donors (Lipinski definition) is 0. The van der Waals surface area contributed by atoms with E-state index in [0.717, 1.165) is 35.7 Å². The van der Waals surface area contributed by atoms with Crippen molar-refractivity contribution in [1.29, 1.82) is 0 Å². The molecule has 0 spiro atoms. The summed E-state index contributed by atoms with van der Waals surface area (Å²) in [4.78, 5) is 17.1. The Morgan fingerprint density at radius 1 is 0.909 bits per heavy atom. The van der Waals surface area contributed by atoms with Gasteiger partial charge in [0.15, 0.2) is 0 Å². The second kappa shape index (κ2) is 10.5. The van der Waals surface area contributed by atoms with E-state index in [2.05, 4.69) is 15.7 Å². The van der Waals surface area contributed by atoms with Crippen LogP contribution in [0.4, 0.5) is 31.1 Å². The second-order valence-electron chi connectivity index (χ2n) is 8.20. The van der Waals surface area contributed by atoms with Crippen LogP contribution in [0.15, 0.2) is 18.2 Å². The number of benzene rings is 1. The molecule has 0 N–H and O–H groups in total. The maximum Gasteiger partial charge on any atom is 0.434 e. The van der Waals surface area contributed by atoms with Crippen molar-refractivity contribution >= 4 is 6.09 Å². The number of alkyl halides is 6. The number of nitrogens with zero attached hydrogens (tertiary/aromatic N) is 3. The van der Waals surface area contributed by atoms with Crippen molar-refractivity contribution in [2.75, 3.05) is 52.5 Å². The topological polar surface area (TPSA) is 45.2 Å². The minimum absolute atomic E-state index is 0.0201. The van der Waals surface area contributed by atoms with E-state index in [9.17, 15) is 31.1 Å². The van der Waals surface area contributed by atoms with Crippen molar-refractivity contribution in [2.24, 2.45) is 0 Å². The van der Waals surface area contributed by atoms with Crippen molar-refractivity contribution in [3.05, 3.63) is 34.9 Å². The molecule has 2 fully saturated rings. The molecule has 2 heterocycles. The molecule has 1 aromatic carbocycles. The van der Waals surface area contributed by atoms with Gasteiger partial charge in [-0.2, -0.15) is 26.3 Å². The molecule has 186 valence electrons. The summed E-state index contributed by atoms with van der Waals surface area (Å²) in [6.07, 6.45) is -17.2. The van der Waals surface area contributed by atoms with Crippen LogP contribution in [0, 0.1) is 6.92 Å². The zero-order chi connectivity index (χ0) is 24.2. The predicted molar refractivity (Wildman–Crippen MR) is 107 cm³/mol. The molecule has 12 heteroatoms. The number of carbonyl (C=O) groups is 1. The Labute approximate surface area is 188 Å². The highest BCUT2D eigenvalue weighted by Gasteiger charge is 2.60. The highest BCUT2D eigenvalue weighted by molar-refractivity contribution is 5.68. The Balaban J connectivity index is 1.54. The van der Waals surface area contributed by atoms with Gasteiger partial charge in [0.05, 0.1) is 13.2 Å². The van der Waals surface area contributed by atoms with Crippen LogP contribution in [0.25, 0.3) is 0 Å². The van der Waals surface area contributed by atoms with E-state index in [1.54, 1.807) is 0 Å². The number of amides is 1. The summed E-state index contributed by atoms with van der Waals surface area (Å²) in [5.41, 5.74) is 3.43. The summed E-state index contributed by atoms with van der Waals surface area (Å²) in [6.45, 7) is 7.14. The molecule has 0 bridgehead atoms. The molecule has 1 aromatic rings. The number of carbonyl (C=O) groups excluding carboxylic acids is 1. The summed E-state index contributed by atoms with van der Waals surface area (Å²) in [5.74, 6) is 0. The number of halogens is 6. The molecule has 2 aliphatic rings. The third-order valence-electron chi connectivity index (χ3n) is 5.89. The molecule has 0 radical (unpaired) electrons. The average molecular weight is 483 g/mol. The largest absolute Gasteiger partial charge is 0.434 e. The summed E-state index contributed by atoms with van der Waals surface area (Å²) in [7, 11) is 0. The highest BCUT2D eigenvalue weighted by atomic mass is 19.4. The van der Waals surface area contributed by atoms with Crippen molar-refractivity contribution in [3.8, 4) is 0 Å². The smallest absolute Gasteiger partial charge is 0.426 e. The number of morpholine rings is 1. The fourth-order valence-corrected chi connectivity index (χ4v) is 3.90. The Kier molecular flexibility index (Phi) is 8.12. The lowest BCUT2D eigenvalue weighted by molar-refractivity contribution is -0.308. The van der Waals surface area contributed by atoms with Gasteiger partial charge in [0.1, 0.15) is 0 Å². The highest BCUT2D eigenvalue weighted by Crippen LogP contribution is 2.36. The molecule has 6 nitrogen and oxygen atoms in total. The molecule has 2 saturated heterocycles. The number of rotatable bonds is 5. The van der Waals surface area contributed by atoms with Gasteiger partial charge in [-0.05, 0) is 23.6 Å². The molecule has 0 aromatic heterocycles.